The van der Waals surface area contributed by atoms with E-state index in [1.54, 1.807) is 18.7 Å². The maximum Gasteiger partial charge on any atom is 0.153 e. The molecule has 2 aromatic rings. The van der Waals surface area contributed by atoms with E-state index in [9.17, 15) is 0 Å². The fourth-order valence-electron chi connectivity index (χ4n) is 1.43. The molecular weight excluding hydrogens is 166 g/mol. The summed E-state index contributed by atoms with van der Waals surface area (Å²) in [6.45, 7) is 0.597. The number of hydrogen-bond donors (Lipinski definition) is 1. The molecule has 0 radical (unpaired) electrons. The summed E-state index contributed by atoms with van der Waals surface area (Å²) in [5.74, 6) is 0.862. The summed E-state index contributed by atoms with van der Waals surface area (Å²) in [4.78, 5) is 12.4. The molecule has 3 rings (SSSR count). The van der Waals surface area contributed by atoms with Gasteiger partial charge in [-0.1, -0.05) is 0 Å². The van der Waals surface area contributed by atoms with Gasteiger partial charge in [0, 0.05) is 0 Å². The van der Waals surface area contributed by atoms with Gasteiger partial charge in [0.15, 0.2) is 5.82 Å². The Morgan fingerprint density at radius 3 is 3.38 bits per heavy atom. The van der Waals surface area contributed by atoms with E-state index >= 15 is 0 Å². The first-order valence-electron chi connectivity index (χ1n) is 4.00. The molecule has 0 saturated heterocycles. The number of nitrogens with one attached hydrogen (secondary N) is 1. The molecule has 0 fully saturated rings. The van der Waals surface area contributed by atoms with Gasteiger partial charge in [-0.3, -0.25) is 9.39 Å². The molecule has 0 amide bonds. The highest BCUT2D eigenvalue weighted by Gasteiger charge is 2.09. The highest BCUT2D eigenvalue weighted by Crippen LogP contribution is 2.14. The first-order chi connectivity index (χ1) is 6.45. The summed E-state index contributed by atoms with van der Waals surface area (Å²) in [6.07, 6.45) is 7.14. The summed E-state index contributed by atoms with van der Waals surface area (Å²) in [5, 5.41) is 3.09. The van der Waals surface area contributed by atoms with Crippen LogP contribution in [0.2, 0.25) is 0 Å². The predicted octanol–water partition coefficient (Wildman–Crippen LogP) is 0.531. The Morgan fingerprint density at radius 1 is 1.38 bits per heavy atom. The minimum Gasteiger partial charge on any atom is -0.349 e. The SMILES string of the molecule is C1=NCNc2ncc3cncn3c21. The Balaban J connectivity index is 2.43. The minimum absolute atomic E-state index is 0.597. The van der Waals surface area contributed by atoms with Crippen molar-refractivity contribution in [2.75, 3.05) is 12.0 Å². The van der Waals surface area contributed by atoms with Crippen LogP contribution >= 0.6 is 0 Å². The summed E-state index contributed by atoms with van der Waals surface area (Å²) in [5.41, 5.74) is 1.94. The smallest absolute Gasteiger partial charge is 0.153 e. The maximum absolute atomic E-state index is 4.26. The van der Waals surface area contributed by atoms with Gasteiger partial charge in [0.25, 0.3) is 0 Å². The number of fused-ring (bicyclic) bond motifs is 3. The monoisotopic (exact) mass is 173 g/mol. The number of anilines is 1. The normalized spacial score (nSPS) is 14.2. The van der Waals surface area contributed by atoms with Crippen molar-refractivity contribution >= 4 is 17.5 Å². The second-order valence-corrected chi connectivity index (χ2v) is 2.83. The Morgan fingerprint density at radius 2 is 2.38 bits per heavy atom. The number of rotatable bonds is 0. The maximum atomic E-state index is 4.26. The Hall–Kier alpha value is -1.91. The lowest BCUT2D eigenvalue weighted by Gasteiger charge is -2.11. The fourth-order valence-corrected chi connectivity index (χ4v) is 1.43. The highest BCUT2D eigenvalue weighted by molar-refractivity contribution is 5.86. The minimum atomic E-state index is 0.597. The summed E-state index contributed by atoms with van der Waals surface area (Å²) in [6, 6.07) is 0. The third-order valence-electron chi connectivity index (χ3n) is 2.05. The summed E-state index contributed by atoms with van der Waals surface area (Å²) < 4.78 is 1.96. The zero-order valence-corrected chi connectivity index (χ0v) is 6.81. The summed E-state index contributed by atoms with van der Waals surface area (Å²) >= 11 is 0. The van der Waals surface area contributed by atoms with Gasteiger partial charge in [0.2, 0.25) is 0 Å². The van der Waals surface area contributed by atoms with Crippen molar-refractivity contribution in [3.8, 4) is 0 Å². The molecule has 0 aromatic carbocycles. The number of nitrogens with zero attached hydrogens (tertiary/aromatic N) is 4. The van der Waals surface area contributed by atoms with Crippen molar-refractivity contribution < 1.29 is 0 Å². The molecular formula is C8H7N5. The van der Waals surface area contributed by atoms with E-state index in [1.807, 2.05) is 10.6 Å². The molecule has 1 N–H and O–H groups in total. The van der Waals surface area contributed by atoms with Gasteiger partial charge < -0.3 is 5.32 Å². The van der Waals surface area contributed by atoms with Crippen LogP contribution in [0.5, 0.6) is 0 Å². The molecule has 1 aliphatic rings. The molecule has 2 aromatic heterocycles. The Labute approximate surface area is 74.2 Å². The number of imidazole rings is 1. The van der Waals surface area contributed by atoms with Crippen LogP contribution in [0.1, 0.15) is 5.69 Å². The van der Waals surface area contributed by atoms with Crippen molar-refractivity contribution in [1.82, 2.24) is 14.4 Å². The molecule has 3 heterocycles. The van der Waals surface area contributed by atoms with Gasteiger partial charge >= 0.3 is 0 Å². The topological polar surface area (TPSA) is 54.6 Å². The van der Waals surface area contributed by atoms with Crippen molar-refractivity contribution in [2.45, 2.75) is 0 Å². The first-order valence-corrected chi connectivity index (χ1v) is 4.00. The van der Waals surface area contributed by atoms with Crippen molar-refractivity contribution in [3.05, 3.63) is 24.4 Å². The zero-order chi connectivity index (χ0) is 8.67. The molecule has 0 saturated carbocycles. The molecule has 0 unspecified atom stereocenters. The van der Waals surface area contributed by atoms with Crippen LogP contribution < -0.4 is 5.32 Å². The van der Waals surface area contributed by atoms with E-state index in [1.165, 1.54) is 0 Å². The molecule has 0 bridgehead atoms. The van der Waals surface area contributed by atoms with E-state index in [0.717, 1.165) is 17.0 Å². The van der Waals surface area contributed by atoms with Crippen LogP contribution in [0.4, 0.5) is 5.82 Å². The van der Waals surface area contributed by atoms with Crippen LogP contribution in [0.3, 0.4) is 0 Å². The number of aliphatic imine (C=N–C) groups is 1. The lowest BCUT2D eigenvalue weighted by Crippen LogP contribution is -2.12. The molecule has 5 heteroatoms. The van der Waals surface area contributed by atoms with Crippen LogP contribution in [0.25, 0.3) is 5.52 Å². The second kappa shape index (κ2) is 2.29. The Bertz CT molecular complexity index is 484. The number of aromatic nitrogens is 3. The van der Waals surface area contributed by atoms with Crippen LogP contribution in [-0.2, 0) is 0 Å². The van der Waals surface area contributed by atoms with Crippen molar-refractivity contribution in [2.24, 2.45) is 4.99 Å². The molecule has 1 aliphatic heterocycles. The molecule has 64 valence electrons. The second-order valence-electron chi connectivity index (χ2n) is 2.83. The first kappa shape index (κ1) is 6.59. The van der Waals surface area contributed by atoms with Gasteiger partial charge in [-0.25, -0.2) is 9.97 Å². The molecule has 5 nitrogen and oxygen atoms in total. The van der Waals surface area contributed by atoms with E-state index in [2.05, 4.69) is 20.3 Å². The quantitative estimate of drug-likeness (QED) is 0.632. The van der Waals surface area contributed by atoms with Crippen LogP contribution in [-0.4, -0.2) is 27.3 Å². The van der Waals surface area contributed by atoms with Crippen molar-refractivity contribution in [1.29, 1.82) is 0 Å². The average Bonchev–Trinajstić information content (AvgIpc) is 2.65. The third-order valence-corrected chi connectivity index (χ3v) is 2.05. The van der Waals surface area contributed by atoms with Gasteiger partial charge in [-0.05, 0) is 0 Å². The molecule has 13 heavy (non-hydrogen) atoms. The van der Waals surface area contributed by atoms with E-state index < -0.39 is 0 Å². The van der Waals surface area contributed by atoms with E-state index in [-0.39, 0.29) is 0 Å². The van der Waals surface area contributed by atoms with Gasteiger partial charge in [0.1, 0.15) is 12.4 Å². The third kappa shape index (κ3) is 0.837. The fraction of sp³-hybridized carbons (Fsp3) is 0.125. The predicted molar refractivity (Wildman–Crippen MR) is 49.1 cm³/mol. The Kier molecular flexibility index (Phi) is 1.16. The van der Waals surface area contributed by atoms with Crippen LogP contribution in [0.15, 0.2) is 23.7 Å². The molecule has 0 aliphatic carbocycles. The highest BCUT2D eigenvalue weighted by atomic mass is 15.1. The van der Waals surface area contributed by atoms with E-state index in [4.69, 9.17) is 0 Å². The largest absolute Gasteiger partial charge is 0.349 e. The standard InChI is InChI=1S/C8H7N5/c1-6-2-11-8-7(3-9-4-12-8)13(6)5-10-1/h1-3,5,12H,4H2. The van der Waals surface area contributed by atoms with Gasteiger partial charge in [-0.2, -0.15) is 0 Å². The lowest BCUT2D eigenvalue weighted by atomic mass is 10.4. The molecule has 0 spiro atoms. The van der Waals surface area contributed by atoms with Gasteiger partial charge in [0.05, 0.1) is 30.5 Å². The van der Waals surface area contributed by atoms with Crippen LogP contribution in [0, 0.1) is 0 Å². The molecule has 0 atom stereocenters. The average molecular weight is 173 g/mol. The summed E-state index contributed by atoms with van der Waals surface area (Å²) in [7, 11) is 0. The lowest BCUT2D eigenvalue weighted by molar-refractivity contribution is 1.03. The number of hydrogen-bond acceptors (Lipinski definition) is 4. The van der Waals surface area contributed by atoms with E-state index in [0.29, 0.717) is 6.67 Å². The van der Waals surface area contributed by atoms with Crippen molar-refractivity contribution in [3.63, 3.8) is 0 Å². The zero-order valence-electron chi connectivity index (χ0n) is 6.81. The van der Waals surface area contributed by atoms with Gasteiger partial charge in [-0.15, -0.1) is 0 Å².